The second-order valence-electron chi connectivity index (χ2n) is 4.92. The van der Waals surface area contributed by atoms with Gasteiger partial charge in [0.2, 0.25) is 0 Å². The predicted molar refractivity (Wildman–Crippen MR) is 91.1 cm³/mol. The van der Waals surface area contributed by atoms with Crippen LogP contribution < -0.4 is 5.32 Å². The smallest absolute Gasteiger partial charge is 0.0314 e. The van der Waals surface area contributed by atoms with Crippen molar-refractivity contribution >= 4 is 27.7 Å². The van der Waals surface area contributed by atoms with Gasteiger partial charge in [-0.1, -0.05) is 32.8 Å². The van der Waals surface area contributed by atoms with Crippen LogP contribution in [0.3, 0.4) is 0 Å². The molecule has 0 saturated carbocycles. The second kappa shape index (κ2) is 9.84. The van der Waals surface area contributed by atoms with Gasteiger partial charge in [-0.25, -0.2) is 0 Å². The molecular weight excluding hydrogens is 318 g/mol. The van der Waals surface area contributed by atoms with Gasteiger partial charge < -0.3 is 5.32 Å². The number of hydrogen-bond acceptors (Lipinski definition) is 2. The van der Waals surface area contributed by atoms with Crippen LogP contribution in [0.1, 0.15) is 58.1 Å². The fourth-order valence-corrected chi connectivity index (χ4v) is 3.59. The van der Waals surface area contributed by atoms with E-state index in [0.29, 0.717) is 6.04 Å². The molecule has 108 valence electrons. The van der Waals surface area contributed by atoms with Crippen molar-refractivity contribution in [3.8, 4) is 0 Å². The van der Waals surface area contributed by atoms with Crippen molar-refractivity contribution in [2.24, 2.45) is 0 Å². The van der Waals surface area contributed by atoms with E-state index >= 15 is 0 Å². The summed E-state index contributed by atoms with van der Waals surface area (Å²) >= 11 is 5.66. The first-order valence-corrected chi connectivity index (χ1v) is 9.12. The Morgan fingerprint density at radius 1 is 1.21 bits per heavy atom. The third-order valence-corrected chi connectivity index (χ3v) is 5.24. The molecule has 0 aliphatic heterocycles. The highest BCUT2D eigenvalue weighted by molar-refractivity contribution is 9.10. The fourth-order valence-electron chi connectivity index (χ4n) is 1.92. The van der Waals surface area contributed by atoms with Gasteiger partial charge in [-0.3, -0.25) is 0 Å². The highest BCUT2D eigenvalue weighted by Gasteiger charge is 2.07. The summed E-state index contributed by atoms with van der Waals surface area (Å²) in [4.78, 5) is 1.36. The van der Waals surface area contributed by atoms with E-state index in [-0.39, 0.29) is 0 Å². The van der Waals surface area contributed by atoms with E-state index in [4.69, 9.17) is 0 Å². The summed E-state index contributed by atoms with van der Waals surface area (Å²) in [5.74, 6) is 1.22. The molecule has 0 aliphatic carbocycles. The van der Waals surface area contributed by atoms with Crippen molar-refractivity contribution < 1.29 is 0 Å². The summed E-state index contributed by atoms with van der Waals surface area (Å²) in [6.45, 7) is 7.75. The van der Waals surface area contributed by atoms with Gasteiger partial charge in [0.1, 0.15) is 0 Å². The molecule has 0 fully saturated rings. The first-order chi connectivity index (χ1) is 9.19. The molecule has 19 heavy (non-hydrogen) atoms. The van der Waals surface area contributed by atoms with Crippen molar-refractivity contribution in [1.29, 1.82) is 0 Å². The highest BCUT2D eigenvalue weighted by Crippen LogP contribution is 2.30. The van der Waals surface area contributed by atoms with E-state index in [9.17, 15) is 0 Å². The summed E-state index contributed by atoms with van der Waals surface area (Å²) < 4.78 is 1.23. The van der Waals surface area contributed by atoms with Gasteiger partial charge in [-0.05, 0) is 65.7 Å². The van der Waals surface area contributed by atoms with Crippen LogP contribution in [0, 0.1) is 0 Å². The minimum absolute atomic E-state index is 0.426. The Kier molecular flexibility index (Phi) is 8.84. The molecule has 0 saturated heterocycles. The molecule has 1 rings (SSSR count). The van der Waals surface area contributed by atoms with Gasteiger partial charge in [0, 0.05) is 15.4 Å². The van der Waals surface area contributed by atoms with Crippen molar-refractivity contribution in [2.45, 2.75) is 57.4 Å². The maximum atomic E-state index is 3.70. The first-order valence-electron chi connectivity index (χ1n) is 7.34. The molecular formula is C16H26BrNS. The Labute approximate surface area is 131 Å². The van der Waals surface area contributed by atoms with E-state index in [2.05, 4.69) is 60.2 Å². The number of rotatable bonds is 9. The maximum Gasteiger partial charge on any atom is 0.0314 e. The molecule has 0 aliphatic rings. The lowest BCUT2D eigenvalue weighted by Gasteiger charge is -2.15. The second-order valence-corrected chi connectivity index (χ2v) is 6.91. The average molecular weight is 344 g/mol. The van der Waals surface area contributed by atoms with Gasteiger partial charge in [0.25, 0.3) is 0 Å². The number of halogens is 1. The largest absolute Gasteiger partial charge is 0.310 e. The number of unbranched alkanes of at least 4 members (excludes halogenated alkanes) is 2. The van der Waals surface area contributed by atoms with E-state index < -0.39 is 0 Å². The lowest BCUT2D eigenvalue weighted by atomic mass is 10.1. The van der Waals surface area contributed by atoms with Crippen molar-refractivity contribution in [3.05, 3.63) is 28.2 Å². The summed E-state index contributed by atoms with van der Waals surface area (Å²) in [5.41, 5.74) is 1.36. The minimum atomic E-state index is 0.426. The molecule has 0 amide bonds. The molecule has 0 spiro atoms. The Balaban J connectivity index is 2.53. The number of nitrogens with one attached hydrogen (secondary N) is 1. The van der Waals surface area contributed by atoms with Crippen molar-refractivity contribution in [3.63, 3.8) is 0 Å². The first kappa shape index (κ1) is 17.1. The summed E-state index contributed by atoms with van der Waals surface area (Å²) in [5, 5.41) is 3.53. The molecule has 1 aromatic rings. The van der Waals surface area contributed by atoms with Gasteiger partial charge >= 0.3 is 0 Å². The monoisotopic (exact) mass is 343 g/mol. The Hall–Kier alpha value is 0.01000. The number of thioether (sulfide) groups is 1. The average Bonchev–Trinajstić information content (AvgIpc) is 2.42. The van der Waals surface area contributed by atoms with E-state index in [1.54, 1.807) is 0 Å². The standard InChI is InChI=1S/C16H26BrNS/c1-4-6-7-11-19-16-9-8-14(12-15(16)17)13(3)18-10-5-2/h8-9,12-13,18H,4-7,10-11H2,1-3H3. The van der Waals surface area contributed by atoms with Crippen LogP contribution in [0.15, 0.2) is 27.6 Å². The van der Waals surface area contributed by atoms with Gasteiger partial charge in [0.15, 0.2) is 0 Å². The predicted octanol–water partition coefficient (Wildman–Crippen LogP) is 5.79. The Morgan fingerprint density at radius 2 is 2.00 bits per heavy atom. The van der Waals surface area contributed by atoms with Crippen LogP contribution >= 0.6 is 27.7 Å². The Bertz CT molecular complexity index is 368. The SMILES string of the molecule is CCCCCSc1ccc(C(C)NCCC)cc1Br. The highest BCUT2D eigenvalue weighted by atomic mass is 79.9. The summed E-state index contributed by atoms with van der Waals surface area (Å²) in [7, 11) is 0. The lowest BCUT2D eigenvalue weighted by molar-refractivity contribution is 0.570. The quantitative estimate of drug-likeness (QED) is 0.449. The molecule has 0 radical (unpaired) electrons. The number of benzene rings is 1. The zero-order valence-electron chi connectivity index (χ0n) is 12.3. The van der Waals surface area contributed by atoms with Gasteiger partial charge in [-0.15, -0.1) is 11.8 Å². The van der Waals surface area contributed by atoms with Crippen LogP contribution in [-0.4, -0.2) is 12.3 Å². The molecule has 1 unspecified atom stereocenters. The molecule has 0 heterocycles. The van der Waals surface area contributed by atoms with E-state index in [1.165, 1.54) is 46.4 Å². The van der Waals surface area contributed by atoms with Gasteiger partial charge in [-0.2, -0.15) is 0 Å². The molecule has 0 bridgehead atoms. The topological polar surface area (TPSA) is 12.0 Å². The van der Waals surface area contributed by atoms with Crippen LogP contribution in [0.2, 0.25) is 0 Å². The molecule has 1 atom stereocenters. The van der Waals surface area contributed by atoms with Crippen LogP contribution in [0.5, 0.6) is 0 Å². The molecule has 1 nitrogen and oxygen atoms in total. The normalized spacial score (nSPS) is 12.6. The third kappa shape index (κ3) is 6.33. The zero-order chi connectivity index (χ0) is 14.1. The van der Waals surface area contributed by atoms with Crippen molar-refractivity contribution in [2.75, 3.05) is 12.3 Å². The van der Waals surface area contributed by atoms with Gasteiger partial charge in [0.05, 0.1) is 0 Å². The Morgan fingerprint density at radius 3 is 2.63 bits per heavy atom. The van der Waals surface area contributed by atoms with Crippen LogP contribution in [0.25, 0.3) is 0 Å². The van der Waals surface area contributed by atoms with Crippen molar-refractivity contribution in [1.82, 2.24) is 5.32 Å². The van der Waals surface area contributed by atoms with Crippen LogP contribution in [0.4, 0.5) is 0 Å². The maximum absolute atomic E-state index is 3.70. The summed E-state index contributed by atoms with van der Waals surface area (Å²) in [6, 6.07) is 7.19. The minimum Gasteiger partial charge on any atom is -0.310 e. The van der Waals surface area contributed by atoms with Crippen LogP contribution in [-0.2, 0) is 0 Å². The lowest BCUT2D eigenvalue weighted by Crippen LogP contribution is -2.19. The van der Waals surface area contributed by atoms with E-state index in [1.807, 2.05) is 11.8 Å². The van der Waals surface area contributed by atoms with E-state index in [0.717, 1.165) is 6.54 Å². The molecule has 1 aromatic carbocycles. The third-order valence-electron chi connectivity index (χ3n) is 3.16. The zero-order valence-corrected chi connectivity index (χ0v) is 14.7. The fraction of sp³-hybridized carbons (Fsp3) is 0.625. The summed E-state index contributed by atoms with van der Waals surface area (Å²) in [6.07, 6.45) is 5.11. The molecule has 1 N–H and O–H groups in total. The molecule has 0 aromatic heterocycles. The number of hydrogen-bond donors (Lipinski definition) is 1. The molecule has 3 heteroatoms.